The van der Waals surface area contributed by atoms with Gasteiger partial charge in [-0.3, -0.25) is 4.79 Å². The van der Waals surface area contributed by atoms with Gasteiger partial charge in [0.05, 0.1) is 0 Å². The van der Waals surface area contributed by atoms with Gasteiger partial charge in [0, 0.05) is 10.8 Å². The van der Waals surface area contributed by atoms with Crippen molar-refractivity contribution in [1.29, 1.82) is 0 Å². The topological polar surface area (TPSA) is 29.6 Å². The summed E-state index contributed by atoms with van der Waals surface area (Å²) in [7, 11) is 0. The first-order valence-electron chi connectivity index (χ1n) is 4.77. The molecule has 0 N–H and O–H groups in total. The Morgan fingerprint density at radius 1 is 0.733 bits per heavy atom. The molecule has 15 heavy (non-hydrogen) atoms. The molecule has 4 rings (SSSR count). The molecule has 0 bridgehead atoms. The van der Waals surface area contributed by atoms with Crippen molar-refractivity contribution in [3.05, 3.63) is 58.8 Å². The first-order valence-corrected chi connectivity index (χ1v) is 4.77. The van der Waals surface area contributed by atoms with Crippen molar-refractivity contribution in [2.75, 3.05) is 0 Å². The van der Waals surface area contributed by atoms with E-state index in [4.69, 9.17) is 4.74 Å². The lowest BCUT2D eigenvalue weighted by atomic mass is 10.4. The number of rotatable bonds is 0. The maximum atomic E-state index is 10.5. The van der Waals surface area contributed by atoms with Crippen LogP contribution < -0.4 is 10.2 Å². The normalized spacial score (nSPS) is 11.5. The second-order valence-corrected chi connectivity index (χ2v) is 3.42. The molecule has 1 aliphatic rings. The van der Waals surface area contributed by atoms with Gasteiger partial charge in [-0.15, -0.1) is 0 Å². The maximum absolute atomic E-state index is 10.5. The minimum absolute atomic E-state index is 0.218. The van der Waals surface area contributed by atoms with Crippen LogP contribution in [0.2, 0.25) is 0 Å². The third-order valence-corrected chi connectivity index (χ3v) is 2.38. The van der Waals surface area contributed by atoms with Crippen molar-refractivity contribution in [3.8, 4) is 11.5 Å². The average Bonchev–Trinajstić information content (AvgIpc) is 3.17. The quantitative estimate of drug-likeness (QED) is 0.405. The van der Waals surface area contributed by atoms with E-state index >= 15 is 0 Å². The molecule has 3 aromatic carbocycles. The lowest BCUT2D eigenvalue weighted by Gasteiger charge is -1.66. The van der Waals surface area contributed by atoms with E-state index in [0.29, 0.717) is 0 Å². The first kappa shape index (κ1) is 8.24. The minimum atomic E-state index is 0.218. The molecule has 2 heteroatoms. The highest BCUT2D eigenvalue weighted by molar-refractivity contribution is 5.96. The molecule has 0 aliphatic carbocycles. The smallest absolute Gasteiger partial charge is 0.194 e. The van der Waals surface area contributed by atoms with Crippen LogP contribution in [-0.4, -0.2) is 0 Å². The Labute approximate surface area is 86.4 Å². The van der Waals surface area contributed by atoms with Gasteiger partial charge in [-0.25, -0.2) is 0 Å². The molecule has 0 amide bonds. The molecular weight excluding hydrogens is 188 g/mol. The van der Waals surface area contributed by atoms with Crippen molar-refractivity contribution >= 4 is 10.8 Å². The summed E-state index contributed by atoms with van der Waals surface area (Å²) in [6, 6.07) is 15.3. The lowest BCUT2D eigenvalue weighted by molar-refractivity contribution is 0.650. The van der Waals surface area contributed by atoms with E-state index in [1.165, 1.54) is 0 Å². The molecule has 1 heterocycles. The summed E-state index contributed by atoms with van der Waals surface area (Å²) in [6.45, 7) is 0. The first-order chi connectivity index (χ1) is 7.36. The molecule has 72 valence electrons. The third-order valence-electron chi connectivity index (χ3n) is 2.38. The maximum Gasteiger partial charge on any atom is 0.194 e. The second-order valence-electron chi connectivity index (χ2n) is 3.42. The summed E-state index contributed by atoms with van der Waals surface area (Å²) >= 11 is 0. The van der Waals surface area contributed by atoms with Crippen molar-refractivity contribution in [2.45, 2.75) is 0 Å². The van der Waals surface area contributed by atoms with E-state index < -0.39 is 0 Å². The van der Waals surface area contributed by atoms with E-state index in [1.54, 1.807) is 0 Å². The van der Waals surface area contributed by atoms with Gasteiger partial charge in [0.2, 0.25) is 0 Å². The fourth-order valence-electron chi connectivity index (χ4n) is 1.44. The average molecular weight is 196 g/mol. The summed E-state index contributed by atoms with van der Waals surface area (Å²) < 4.78 is 4.94. The molecule has 0 unspecified atom stereocenters. The Kier molecular flexibility index (Phi) is 1.62. The van der Waals surface area contributed by atoms with E-state index in [9.17, 15) is 4.79 Å². The van der Waals surface area contributed by atoms with Gasteiger partial charge in [-0.05, 0) is 12.1 Å². The van der Waals surface area contributed by atoms with Crippen LogP contribution in [0.25, 0.3) is 10.8 Å². The number of para-hydroxylation sites is 2. The number of benzene rings is 2. The van der Waals surface area contributed by atoms with Gasteiger partial charge in [0.1, 0.15) is 0 Å². The molecule has 0 radical (unpaired) electrons. The van der Waals surface area contributed by atoms with E-state index in [1.807, 2.05) is 48.5 Å². The lowest BCUT2D eigenvalue weighted by Crippen LogP contribution is -1.66. The molecule has 0 fully saturated rings. The van der Waals surface area contributed by atoms with Crippen molar-refractivity contribution in [2.24, 2.45) is 0 Å². The van der Waals surface area contributed by atoms with Gasteiger partial charge >= 0.3 is 0 Å². The Morgan fingerprint density at radius 2 is 1.20 bits per heavy atom. The molecule has 0 atom stereocenters. The zero-order valence-corrected chi connectivity index (χ0v) is 7.94. The Morgan fingerprint density at radius 3 is 1.60 bits per heavy atom. The van der Waals surface area contributed by atoms with Crippen LogP contribution >= 0.6 is 0 Å². The molecule has 0 spiro atoms. The van der Waals surface area contributed by atoms with Crippen LogP contribution in [0.1, 0.15) is 0 Å². The number of hydrogen-bond acceptors (Lipinski definition) is 2. The summed E-state index contributed by atoms with van der Waals surface area (Å²) in [5.41, 5.74) is 0.218. The number of ether oxygens (including phenoxy) is 1. The third kappa shape index (κ3) is 1.50. The second kappa shape index (κ2) is 2.95. The highest BCUT2D eigenvalue weighted by Crippen LogP contribution is 2.43. The van der Waals surface area contributed by atoms with Crippen LogP contribution in [0, 0.1) is 0 Å². The predicted octanol–water partition coefficient (Wildman–Crippen LogP) is 2.87. The molecule has 0 saturated carbocycles. The molecule has 2 nitrogen and oxygen atoms in total. The summed E-state index contributed by atoms with van der Waals surface area (Å²) in [4.78, 5) is 10.5. The summed E-state index contributed by atoms with van der Waals surface area (Å²) in [5, 5.41) is 1.79. The molecule has 0 aromatic heterocycles. The van der Waals surface area contributed by atoms with Gasteiger partial charge < -0.3 is 4.74 Å². The van der Waals surface area contributed by atoms with E-state index in [-0.39, 0.29) is 5.43 Å². The van der Waals surface area contributed by atoms with Crippen LogP contribution in [0.5, 0.6) is 11.5 Å². The van der Waals surface area contributed by atoms with Crippen molar-refractivity contribution < 1.29 is 4.74 Å². The molecule has 0 saturated heterocycles. The molecule has 3 aromatic rings. The SMILES string of the molecule is O=c1c2ccccc12.c1ccc2c(c1)O2. The van der Waals surface area contributed by atoms with Crippen LogP contribution in [0.3, 0.4) is 0 Å². The standard InChI is InChI=1S/C7H4O.C6H4O/c8-7-5-3-1-2-4-6(5)7;1-2-4-6-5(3-1)7-6/h1-4H;1-4H. The molecular formula is C13H8O2. The van der Waals surface area contributed by atoms with Crippen molar-refractivity contribution in [3.63, 3.8) is 0 Å². The fraction of sp³-hybridized carbons (Fsp3) is 0. The Hall–Kier alpha value is -2.09. The van der Waals surface area contributed by atoms with Gasteiger partial charge in [-0.2, -0.15) is 0 Å². The minimum Gasteiger partial charge on any atom is -0.450 e. The number of hydrogen-bond donors (Lipinski definition) is 0. The van der Waals surface area contributed by atoms with Gasteiger partial charge in [0.25, 0.3) is 0 Å². The zero-order chi connectivity index (χ0) is 10.3. The molecule has 1 aliphatic heterocycles. The zero-order valence-electron chi connectivity index (χ0n) is 7.94. The largest absolute Gasteiger partial charge is 0.450 e. The van der Waals surface area contributed by atoms with Crippen LogP contribution in [0.4, 0.5) is 0 Å². The van der Waals surface area contributed by atoms with Gasteiger partial charge in [0.15, 0.2) is 16.9 Å². The Bertz CT molecular complexity index is 579. The predicted molar refractivity (Wildman–Crippen MR) is 59.1 cm³/mol. The summed E-state index contributed by atoms with van der Waals surface area (Å²) in [5.74, 6) is 2.06. The highest BCUT2D eigenvalue weighted by Gasteiger charge is 2.15. The monoisotopic (exact) mass is 196 g/mol. The number of fused-ring (bicyclic) bond motifs is 2. The van der Waals surface area contributed by atoms with E-state index in [2.05, 4.69) is 0 Å². The fourth-order valence-corrected chi connectivity index (χ4v) is 1.44. The van der Waals surface area contributed by atoms with Crippen molar-refractivity contribution in [1.82, 2.24) is 0 Å². The highest BCUT2D eigenvalue weighted by atomic mass is 16.6. The Balaban J connectivity index is 0.0000000971. The van der Waals surface area contributed by atoms with E-state index in [0.717, 1.165) is 22.3 Å². The van der Waals surface area contributed by atoms with Crippen LogP contribution in [0.15, 0.2) is 53.3 Å². The summed E-state index contributed by atoms with van der Waals surface area (Å²) in [6.07, 6.45) is 0. The van der Waals surface area contributed by atoms with Gasteiger partial charge in [-0.1, -0.05) is 36.4 Å². The van der Waals surface area contributed by atoms with Crippen LogP contribution in [-0.2, 0) is 0 Å².